The monoisotopic (exact) mass is 220 g/mol. The molecule has 0 aromatic heterocycles. The van der Waals surface area contributed by atoms with E-state index in [9.17, 15) is 4.79 Å². The second-order valence-electron chi connectivity index (χ2n) is 3.53. The van der Waals surface area contributed by atoms with Crippen molar-refractivity contribution in [2.75, 3.05) is 6.61 Å². The minimum absolute atomic E-state index is 0.374. The Morgan fingerprint density at radius 3 is 2.69 bits per heavy atom. The van der Waals surface area contributed by atoms with Crippen molar-refractivity contribution in [1.29, 1.82) is 0 Å². The fourth-order valence-corrected chi connectivity index (χ4v) is 1.15. The highest BCUT2D eigenvalue weighted by Crippen LogP contribution is 2.24. The standard InChI is InChI=1S/C13H16O3/c1-5-15-12-8-11(7-6-10(12)4)16-13(14)9(2)3/h6-8H,2,5H2,1,3-4H3. The molecule has 3 nitrogen and oxygen atoms in total. The van der Waals surface area contributed by atoms with E-state index in [1.165, 1.54) is 0 Å². The summed E-state index contributed by atoms with van der Waals surface area (Å²) >= 11 is 0. The van der Waals surface area contributed by atoms with Gasteiger partial charge in [-0.1, -0.05) is 12.6 Å². The molecule has 16 heavy (non-hydrogen) atoms. The van der Waals surface area contributed by atoms with Crippen molar-refractivity contribution in [2.24, 2.45) is 0 Å². The van der Waals surface area contributed by atoms with Crippen LogP contribution in [0.5, 0.6) is 11.5 Å². The second-order valence-corrected chi connectivity index (χ2v) is 3.53. The second kappa shape index (κ2) is 5.35. The molecule has 0 atom stereocenters. The predicted molar refractivity (Wildman–Crippen MR) is 62.8 cm³/mol. The quantitative estimate of drug-likeness (QED) is 0.444. The molecule has 0 bridgehead atoms. The van der Waals surface area contributed by atoms with Crippen LogP contribution in [0, 0.1) is 6.92 Å². The van der Waals surface area contributed by atoms with E-state index in [0.717, 1.165) is 11.3 Å². The smallest absolute Gasteiger partial charge is 0.338 e. The molecule has 0 radical (unpaired) electrons. The fraction of sp³-hybridized carbons (Fsp3) is 0.308. The van der Waals surface area contributed by atoms with Gasteiger partial charge in [0.1, 0.15) is 11.5 Å². The number of aryl methyl sites for hydroxylation is 1. The lowest BCUT2D eigenvalue weighted by Gasteiger charge is -2.09. The summed E-state index contributed by atoms with van der Waals surface area (Å²) in [6, 6.07) is 5.30. The van der Waals surface area contributed by atoms with Gasteiger partial charge in [0, 0.05) is 11.6 Å². The van der Waals surface area contributed by atoms with Gasteiger partial charge in [0.25, 0.3) is 0 Å². The Bertz CT molecular complexity index is 408. The first-order valence-corrected chi connectivity index (χ1v) is 5.15. The van der Waals surface area contributed by atoms with Crippen LogP contribution in [-0.2, 0) is 4.79 Å². The molecule has 0 amide bonds. The molecular formula is C13H16O3. The minimum Gasteiger partial charge on any atom is -0.493 e. The molecule has 1 rings (SSSR count). The van der Waals surface area contributed by atoms with E-state index < -0.39 is 5.97 Å². The Hall–Kier alpha value is -1.77. The molecule has 0 aliphatic heterocycles. The molecule has 0 spiro atoms. The van der Waals surface area contributed by atoms with Crippen molar-refractivity contribution in [3.63, 3.8) is 0 Å². The van der Waals surface area contributed by atoms with Crippen LogP contribution in [0.25, 0.3) is 0 Å². The Labute approximate surface area is 95.7 Å². The van der Waals surface area contributed by atoms with Crippen LogP contribution in [0.4, 0.5) is 0 Å². The van der Waals surface area contributed by atoms with Gasteiger partial charge in [-0.15, -0.1) is 0 Å². The molecule has 1 aromatic carbocycles. The molecule has 0 aliphatic rings. The zero-order valence-electron chi connectivity index (χ0n) is 9.87. The summed E-state index contributed by atoms with van der Waals surface area (Å²) < 4.78 is 10.5. The predicted octanol–water partition coefficient (Wildman–Crippen LogP) is 2.88. The fourth-order valence-electron chi connectivity index (χ4n) is 1.15. The summed E-state index contributed by atoms with van der Waals surface area (Å²) in [7, 11) is 0. The largest absolute Gasteiger partial charge is 0.493 e. The third kappa shape index (κ3) is 3.12. The van der Waals surface area contributed by atoms with Gasteiger partial charge < -0.3 is 9.47 Å². The molecule has 0 N–H and O–H groups in total. The first-order chi connectivity index (χ1) is 7.54. The zero-order valence-corrected chi connectivity index (χ0v) is 9.87. The van der Waals surface area contributed by atoms with Gasteiger partial charge in [0.15, 0.2) is 0 Å². The number of hydrogen-bond acceptors (Lipinski definition) is 3. The summed E-state index contributed by atoms with van der Waals surface area (Å²) in [5, 5.41) is 0. The van der Waals surface area contributed by atoms with Crippen LogP contribution >= 0.6 is 0 Å². The van der Waals surface area contributed by atoms with Gasteiger partial charge in [-0.2, -0.15) is 0 Å². The summed E-state index contributed by atoms with van der Waals surface area (Å²) in [4.78, 5) is 11.3. The lowest BCUT2D eigenvalue weighted by atomic mass is 10.2. The summed E-state index contributed by atoms with van der Waals surface area (Å²) in [5.41, 5.74) is 1.38. The van der Waals surface area contributed by atoms with Crippen molar-refractivity contribution in [3.05, 3.63) is 35.9 Å². The Kier molecular flexibility index (Phi) is 4.11. The molecule has 1 aromatic rings. The number of carbonyl (C=O) groups is 1. The lowest BCUT2D eigenvalue weighted by molar-refractivity contribution is -0.130. The topological polar surface area (TPSA) is 35.5 Å². The van der Waals surface area contributed by atoms with Crippen LogP contribution in [0.3, 0.4) is 0 Å². The first kappa shape index (κ1) is 12.3. The lowest BCUT2D eigenvalue weighted by Crippen LogP contribution is -2.08. The van der Waals surface area contributed by atoms with E-state index in [-0.39, 0.29) is 0 Å². The van der Waals surface area contributed by atoms with Crippen LogP contribution in [-0.4, -0.2) is 12.6 Å². The normalized spacial score (nSPS) is 9.69. The van der Waals surface area contributed by atoms with Gasteiger partial charge >= 0.3 is 5.97 Å². The van der Waals surface area contributed by atoms with E-state index in [1.54, 1.807) is 19.1 Å². The van der Waals surface area contributed by atoms with Crippen LogP contribution in [0.2, 0.25) is 0 Å². The van der Waals surface area contributed by atoms with Gasteiger partial charge in [-0.05, 0) is 32.4 Å². The van der Waals surface area contributed by atoms with Crippen LogP contribution in [0.1, 0.15) is 19.4 Å². The van der Waals surface area contributed by atoms with E-state index in [4.69, 9.17) is 9.47 Å². The molecule has 0 fully saturated rings. The maximum atomic E-state index is 11.3. The van der Waals surface area contributed by atoms with Crippen LogP contribution < -0.4 is 9.47 Å². The van der Waals surface area contributed by atoms with E-state index in [0.29, 0.717) is 17.9 Å². The average Bonchev–Trinajstić information content (AvgIpc) is 2.23. The average molecular weight is 220 g/mol. The molecule has 0 saturated heterocycles. The molecule has 3 heteroatoms. The highest BCUT2D eigenvalue weighted by atomic mass is 16.5. The molecule has 0 aliphatic carbocycles. The number of benzene rings is 1. The van der Waals surface area contributed by atoms with E-state index >= 15 is 0 Å². The van der Waals surface area contributed by atoms with Crippen molar-refractivity contribution in [3.8, 4) is 11.5 Å². The maximum absolute atomic E-state index is 11.3. The van der Waals surface area contributed by atoms with Gasteiger partial charge in [0.05, 0.1) is 6.61 Å². The third-order valence-corrected chi connectivity index (χ3v) is 2.02. The number of carbonyl (C=O) groups excluding carboxylic acids is 1. The zero-order chi connectivity index (χ0) is 12.1. The molecular weight excluding hydrogens is 204 g/mol. The number of rotatable bonds is 4. The summed E-state index contributed by atoms with van der Waals surface area (Å²) in [6.07, 6.45) is 0. The van der Waals surface area contributed by atoms with Crippen LogP contribution in [0.15, 0.2) is 30.4 Å². The highest BCUT2D eigenvalue weighted by Gasteiger charge is 2.07. The van der Waals surface area contributed by atoms with E-state index in [2.05, 4.69) is 6.58 Å². The Balaban J connectivity index is 2.86. The number of ether oxygens (including phenoxy) is 2. The van der Waals surface area contributed by atoms with Gasteiger partial charge in [-0.25, -0.2) is 4.79 Å². The summed E-state index contributed by atoms with van der Waals surface area (Å²) in [5.74, 6) is 0.780. The van der Waals surface area contributed by atoms with E-state index in [1.807, 2.05) is 19.9 Å². The maximum Gasteiger partial charge on any atom is 0.338 e. The first-order valence-electron chi connectivity index (χ1n) is 5.15. The summed E-state index contributed by atoms with van der Waals surface area (Å²) in [6.45, 7) is 9.56. The molecule has 86 valence electrons. The molecule has 0 heterocycles. The van der Waals surface area contributed by atoms with Crippen molar-refractivity contribution in [2.45, 2.75) is 20.8 Å². The molecule has 0 unspecified atom stereocenters. The number of esters is 1. The van der Waals surface area contributed by atoms with Gasteiger partial charge in [-0.3, -0.25) is 0 Å². The highest BCUT2D eigenvalue weighted by molar-refractivity contribution is 5.88. The SMILES string of the molecule is C=C(C)C(=O)Oc1ccc(C)c(OCC)c1. The number of hydrogen-bond donors (Lipinski definition) is 0. The minimum atomic E-state index is -0.425. The van der Waals surface area contributed by atoms with Crippen molar-refractivity contribution in [1.82, 2.24) is 0 Å². The Morgan fingerprint density at radius 2 is 2.12 bits per heavy atom. The third-order valence-electron chi connectivity index (χ3n) is 2.02. The Morgan fingerprint density at radius 1 is 1.44 bits per heavy atom. The van der Waals surface area contributed by atoms with Crippen molar-refractivity contribution < 1.29 is 14.3 Å². The van der Waals surface area contributed by atoms with Gasteiger partial charge in [0.2, 0.25) is 0 Å². The van der Waals surface area contributed by atoms with Crippen molar-refractivity contribution >= 4 is 5.97 Å². The molecule has 0 saturated carbocycles.